The quantitative estimate of drug-likeness (QED) is 0.453. The van der Waals surface area contributed by atoms with Crippen molar-refractivity contribution < 1.29 is 17.6 Å². The van der Waals surface area contributed by atoms with E-state index in [4.69, 9.17) is 5.73 Å². The summed E-state index contributed by atoms with van der Waals surface area (Å²) < 4.78 is 54.7. The summed E-state index contributed by atoms with van der Waals surface area (Å²) >= 11 is 1.51. The minimum absolute atomic E-state index is 0.00925. The van der Waals surface area contributed by atoms with Gasteiger partial charge < -0.3 is 10.7 Å². The van der Waals surface area contributed by atoms with Crippen LogP contribution in [-0.4, -0.2) is 29.0 Å². The summed E-state index contributed by atoms with van der Waals surface area (Å²) in [5.74, 6) is -1.34. The van der Waals surface area contributed by atoms with E-state index in [2.05, 4.69) is 21.9 Å². The number of nitrogens with two attached hydrogens (primary N) is 1. The molecule has 1 aliphatic carbocycles. The second-order valence-corrected chi connectivity index (χ2v) is 8.12. The highest BCUT2D eigenvalue weighted by atomic mass is 32.2. The summed E-state index contributed by atoms with van der Waals surface area (Å²) in [4.78, 5) is 10.2. The van der Waals surface area contributed by atoms with Crippen LogP contribution < -0.4 is 5.73 Å². The number of hydrogen-bond donors (Lipinski definition) is 2. The number of aromatic nitrogens is 1. The number of thioether (sulfide) groups is 1. The van der Waals surface area contributed by atoms with Gasteiger partial charge in [0.2, 0.25) is 0 Å². The summed E-state index contributed by atoms with van der Waals surface area (Å²) in [6.45, 7) is 2.08. The molecule has 0 saturated heterocycles. The van der Waals surface area contributed by atoms with Crippen LogP contribution in [0.15, 0.2) is 27.1 Å². The Kier molecular flexibility index (Phi) is 4.76. The third kappa shape index (κ3) is 3.44. The molecule has 0 aliphatic heterocycles. The molecule has 0 atom stereocenters. The minimum atomic E-state index is -4.77. The van der Waals surface area contributed by atoms with Crippen molar-refractivity contribution in [2.24, 2.45) is 15.7 Å². The Labute approximate surface area is 152 Å². The molecule has 3 rings (SSSR count). The first-order valence-electron chi connectivity index (χ1n) is 8.00. The Hall–Kier alpha value is -2.03. The molecule has 1 aliphatic rings. The topological polar surface area (TPSA) is 66.5 Å². The van der Waals surface area contributed by atoms with E-state index < -0.39 is 17.6 Å². The molecule has 1 fully saturated rings. The number of rotatable bonds is 4. The third-order valence-electron chi connectivity index (χ3n) is 4.48. The van der Waals surface area contributed by atoms with Gasteiger partial charge in [-0.15, -0.1) is 11.8 Å². The average molecular weight is 386 g/mol. The van der Waals surface area contributed by atoms with Crippen LogP contribution in [0, 0.1) is 5.82 Å². The largest absolute Gasteiger partial charge is 0.417 e. The number of nitrogens with one attached hydrogen (secondary N) is 1. The van der Waals surface area contributed by atoms with Gasteiger partial charge in [0.25, 0.3) is 0 Å². The van der Waals surface area contributed by atoms with Gasteiger partial charge in [0.1, 0.15) is 18.0 Å². The first kappa shape index (κ1) is 18.8. The summed E-state index contributed by atoms with van der Waals surface area (Å²) in [6.07, 6.45) is -0.586. The summed E-state index contributed by atoms with van der Waals surface area (Å²) in [6, 6.07) is 1.97. The van der Waals surface area contributed by atoms with Crippen LogP contribution in [0.25, 0.3) is 10.9 Å². The molecular formula is C17H18F4N4S. The molecule has 140 valence electrons. The van der Waals surface area contributed by atoms with Gasteiger partial charge in [-0.2, -0.15) is 13.2 Å². The second kappa shape index (κ2) is 6.61. The number of nitrogens with zero attached hydrogens (tertiary/aromatic N) is 2. The number of aliphatic imine (C=N–C) groups is 2. The highest BCUT2D eigenvalue weighted by Crippen LogP contribution is 2.48. The predicted octanol–water partition coefficient (Wildman–Crippen LogP) is 4.72. The van der Waals surface area contributed by atoms with E-state index in [0.717, 1.165) is 25.6 Å². The fourth-order valence-electron chi connectivity index (χ4n) is 3.01. The maximum atomic E-state index is 14.4. The van der Waals surface area contributed by atoms with Gasteiger partial charge in [-0.1, -0.05) is 13.3 Å². The van der Waals surface area contributed by atoms with Gasteiger partial charge >= 0.3 is 6.18 Å². The second-order valence-electron chi connectivity index (χ2n) is 6.49. The molecule has 0 radical (unpaired) electrons. The SMILES string of the molecule is CN=CN=C(N)c1c(C(F)(F)F)cc(F)c2[nH]c(SC3(C)CCC3)cc12. The molecule has 0 bridgehead atoms. The summed E-state index contributed by atoms with van der Waals surface area (Å²) in [7, 11) is 1.42. The zero-order chi connectivity index (χ0) is 19.1. The van der Waals surface area contributed by atoms with Crippen molar-refractivity contribution in [1.82, 2.24) is 4.98 Å². The van der Waals surface area contributed by atoms with Crippen molar-refractivity contribution in [3.8, 4) is 0 Å². The Morgan fingerprint density at radius 1 is 1.35 bits per heavy atom. The van der Waals surface area contributed by atoms with Gasteiger partial charge in [0, 0.05) is 22.7 Å². The summed E-state index contributed by atoms with van der Waals surface area (Å²) in [5.41, 5.74) is 4.28. The maximum absolute atomic E-state index is 14.4. The van der Waals surface area contributed by atoms with E-state index in [-0.39, 0.29) is 27.0 Å². The van der Waals surface area contributed by atoms with Gasteiger partial charge in [-0.3, -0.25) is 4.99 Å². The van der Waals surface area contributed by atoms with Crippen LogP contribution in [-0.2, 0) is 6.18 Å². The number of benzene rings is 1. The van der Waals surface area contributed by atoms with Crippen LogP contribution in [0.2, 0.25) is 0 Å². The van der Waals surface area contributed by atoms with E-state index in [9.17, 15) is 17.6 Å². The Balaban J connectivity index is 2.21. The maximum Gasteiger partial charge on any atom is 0.417 e. The number of fused-ring (bicyclic) bond motifs is 1. The Bertz CT molecular complexity index is 894. The van der Waals surface area contributed by atoms with Gasteiger partial charge in [0.05, 0.1) is 16.1 Å². The van der Waals surface area contributed by atoms with Crippen LogP contribution in [0.3, 0.4) is 0 Å². The molecule has 26 heavy (non-hydrogen) atoms. The van der Waals surface area contributed by atoms with E-state index in [1.165, 1.54) is 24.9 Å². The molecule has 0 unspecified atom stereocenters. The van der Waals surface area contributed by atoms with Crippen molar-refractivity contribution >= 4 is 34.8 Å². The number of H-pyrrole nitrogens is 1. The molecule has 1 saturated carbocycles. The Morgan fingerprint density at radius 2 is 2.04 bits per heavy atom. The average Bonchev–Trinajstić information content (AvgIpc) is 2.94. The molecule has 1 aromatic carbocycles. The molecule has 3 N–H and O–H groups in total. The van der Waals surface area contributed by atoms with Crippen molar-refractivity contribution in [2.75, 3.05) is 7.05 Å². The first-order chi connectivity index (χ1) is 12.1. The zero-order valence-corrected chi connectivity index (χ0v) is 15.1. The number of hydrogen-bond acceptors (Lipinski definition) is 2. The fraction of sp³-hybridized carbons (Fsp3) is 0.412. The van der Waals surface area contributed by atoms with Gasteiger partial charge in [0.15, 0.2) is 0 Å². The van der Waals surface area contributed by atoms with E-state index >= 15 is 0 Å². The predicted molar refractivity (Wildman–Crippen MR) is 96.5 cm³/mol. The van der Waals surface area contributed by atoms with E-state index in [1.54, 1.807) is 0 Å². The molecule has 2 aromatic rings. The smallest absolute Gasteiger partial charge is 0.383 e. The molecule has 0 amide bonds. The molecule has 4 nitrogen and oxygen atoms in total. The van der Waals surface area contributed by atoms with E-state index in [1.807, 2.05) is 0 Å². The summed E-state index contributed by atoms with van der Waals surface area (Å²) in [5, 5.41) is 0.673. The first-order valence-corrected chi connectivity index (χ1v) is 8.82. The zero-order valence-electron chi connectivity index (χ0n) is 14.2. The molecule has 1 heterocycles. The number of amidine groups is 1. The van der Waals surface area contributed by atoms with Crippen molar-refractivity contribution in [3.05, 3.63) is 29.1 Å². The van der Waals surface area contributed by atoms with Gasteiger partial charge in [-0.05, 0) is 25.0 Å². The standard InChI is InChI=1S/C17H18F4N4S/c1-16(4-3-5-16)26-12-6-9-13(15(22)24-8-23-2)10(17(19,20)21)7-11(18)14(9)25-12/h6-8,25H,3-5H2,1-2H3,(H2,22,23,24). The van der Waals surface area contributed by atoms with E-state index in [0.29, 0.717) is 11.1 Å². The lowest BCUT2D eigenvalue weighted by atomic mass is 9.86. The lowest BCUT2D eigenvalue weighted by molar-refractivity contribution is -0.137. The van der Waals surface area contributed by atoms with Crippen LogP contribution in [0.4, 0.5) is 17.6 Å². The van der Waals surface area contributed by atoms with Crippen LogP contribution >= 0.6 is 11.8 Å². The van der Waals surface area contributed by atoms with Crippen molar-refractivity contribution in [1.29, 1.82) is 0 Å². The molecule has 0 spiro atoms. The number of aromatic amines is 1. The highest BCUT2D eigenvalue weighted by Gasteiger charge is 2.37. The monoisotopic (exact) mass is 386 g/mol. The van der Waals surface area contributed by atoms with Crippen molar-refractivity contribution in [3.63, 3.8) is 0 Å². The lowest BCUT2D eigenvalue weighted by Gasteiger charge is -2.37. The molecular weight excluding hydrogens is 368 g/mol. The van der Waals surface area contributed by atoms with Crippen LogP contribution in [0.5, 0.6) is 0 Å². The normalized spacial score (nSPS) is 17.8. The lowest BCUT2D eigenvalue weighted by Crippen LogP contribution is -2.28. The fourth-order valence-corrected chi connectivity index (χ4v) is 4.37. The molecule has 1 aromatic heterocycles. The minimum Gasteiger partial charge on any atom is -0.383 e. The van der Waals surface area contributed by atoms with Crippen LogP contribution in [0.1, 0.15) is 37.3 Å². The third-order valence-corrected chi connectivity index (χ3v) is 5.82. The van der Waals surface area contributed by atoms with Crippen molar-refractivity contribution in [2.45, 2.75) is 42.1 Å². The Morgan fingerprint density at radius 3 is 2.58 bits per heavy atom. The van der Waals surface area contributed by atoms with Gasteiger partial charge in [-0.25, -0.2) is 9.38 Å². The number of halogens is 4. The molecule has 9 heteroatoms. The number of alkyl halides is 3. The highest BCUT2D eigenvalue weighted by molar-refractivity contribution is 8.00.